The molecule has 0 saturated carbocycles. The van der Waals surface area contributed by atoms with Crippen LogP contribution in [0.5, 0.6) is 0 Å². The van der Waals surface area contributed by atoms with E-state index in [-0.39, 0.29) is 25.4 Å². The summed E-state index contributed by atoms with van der Waals surface area (Å²) >= 11 is -3.45. The summed E-state index contributed by atoms with van der Waals surface area (Å²) in [6, 6.07) is 0. The van der Waals surface area contributed by atoms with Crippen molar-refractivity contribution in [2.24, 2.45) is 0 Å². The van der Waals surface area contributed by atoms with Crippen molar-refractivity contribution in [1.82, 2.24) is 10.6 Å². The van der Waals surface area contributed by atoms with Crippen molar-refractivity contribution in [2.45, 2.75) is 0 Å². The van der Waals surface area contributed by atoms with Crippen molar-refractivity contribution in [1.29, 1.82) is 0 Å². The summed E-state index contributed by atoms with van der Waals surface area (Å²) in [5.74, 6) is -1.28. The van der Waals surface area contributed by atoms with Crippen LogP contribution < -0.4 is 10.6 Å². The standard InChI is InChI=1S/C10H16N2O6S2/c1-3-17-20(16)8-10(14)12-6-5-11-9(13)7-18-19(15)4-2/h3-4H,1-2,5-8H2,(H,11,13)(H,12,14). The lowest BCUT2D eigenvalue weighted by atomic mass is 10.5. The molecule has 0 aliphatic carbocycles. The molecule has 0 bridgehead atoms. The third-order valence-corrected chi connectivity index (χ3v) is 3.11. The topological polar surface area (TPSA) is 111 Å². The lowest BCUT2D eigenvalue weighted by molar-refractivity contribution is -0.123. The second-order valence-corrected chi connectivity index (χ2v) is 5.28. The van der Waals surface area contributed by atoms with Gasteiger partial charge in [-0.15, -0.1) is 0 Å². The summed E-state index contributed by atoms with van der Waals surface area (Å²) in [6.07, 6.45) is 0.983. The second kappa shape index (κ2) is 11.3. The molecular weight excluding hydrogens is 308 g/mol. The first-order valence-corrected chi connectivity index (χ1v) is 7.74. The van der Waals surface area contributed by atoms with Crippen LogP contribution in [0, 0.1) is 0 Å². The molecule has 0 aliphatic heterocycles. The fraction of sp³-hybridized carbons (Fsp3) is 0.400. The zero-order chi connectivity index (χ0) is 15.4. The zero-order valence-electron chi connectivity index (χ0n) is 10.7. The van der Waals surface area contributed by atoms with Gasteiger partial charge in [0.1, 0.15) is 12.4 Å². The summed E-state index contributed by atoms with van der Waals surface area (Å²) in [5, 5.41) is 5.91. The van der Waals surface area contributed by atoms with E-state index in [1.807, 2.05) is 0 Å². The minimum atomic E-state index is -1.75. The van der Waals surface area contributed by atoms with Gasteiger partial charge in [-0.05, 0) is 0 Å². The molecule has 114 valence electrons. The van der Waals surface area contributed by atoms with Gasteiger partial charge in [0, 0.05) is 18.5 Å². The number of amides is 2. The molecular formula is C10H16N2O6S2. The van der Waals surface area contributed by atoms with E-state index in [0.29, 0.717) is 0 Å². The maximum absolute atomic E-state index is 11.2. The maximum Gasteiger partial charge on any atom is 0.247 e. The number of hydrogen-bond acceptors (Lipinski definition) is 6. The van der Waals surface area contributed by atoms with E-state index in [4.69, 9.17) is 0 Å². The Balaban J connectivity index is 3.65. The van der Waals surface area contributed by atoms with E-state index in [1.165, 1.54) is 0 Å². The first-order chi connectivity index (χ1) is 9.49. The quantitative estimate of drug-likeness (QED) is 0.367. The van der Waals surface area contributed by atoms with Crippen LogP contribution >= 0.6 is 0 Å². The lowest BCUT2D eigenvalue weighted by Gasteiger charge is -2.06. The first-order valence-electron chi connectivity index (χ1n) is 5.35. The fourth-order valence-electron chi connectivity index (χ4n) is 0.883. The van der Waals surface area contributed by atoms with Crippen molar-refractivity contribution in [3.63, 3.8) is 0 Å². The van der Waals surface area contributed by atoms with Crippen LogP contribution in [0.15, 0.2) is 24.8 Å². The van der Waals surface area contributed by atoms with E-state index >= 15 is 0 Å². The number of carbonyl (C=O) groups excluding carboxylic acids is 2. The Labute approximate surface area is 121 Å². The lowest BCUT2D eigenvalue weighted by Crippen LogP contribution is -2.37. The Morgan fingerprint density at radius 3 is 2.25 bits per heavy atom. The Bertz CT molecular complexity index is 413. The molecule has 0 aromatic rings. The Morgan fingerprint density at radius 1 is 1.10 bits per heavy atom. The largest absolute Gasteiger partial charge is 0.409 e. The molecule has 2 unspecified atom stereocenters. The van der Waals surface area contributed by atoms with Crippen molar-refractivity contribution in [3.8, 4) is 0 Å². The molecule has 0 rings (SSSR count). The van der Waals surface area contributed by atoms with Gasteiger partial charge in [0.25, 0.3) is 0 Å². The van der Waals surface area contributed by atoms with Crippen LogP contribution in [0.4, 0.5) is 0 Å². The summed E-state index contributed by atoms with van der Waals surface area (Å²) < 4.78 is 30.9. The molecule has 0 fully saturated rings. The molecule has 2 atom stereocenters. The van der Waals surface area contributed by atoms with Crippen molar-refractivity contribution in [2.75, 3.05) is 25.4 Å². The predicted molar refractivity (Wildman–Crippen MR) is 74.6 cm³/mol. The second-order valence-electron chi connectivity index (χ2n) is 3.10. The predicted octanol–water partition coefficient (Wildman–Crippen LogP) is -1.13. The van der Waals surface area contributed by atoms with Gasteiger partial charge in [-0.25, -0.2) is 8.42 Å². The minimum Gasteiger partial charge on any atom is -0.409 e. The third kappa shape index (κ3) is 10.4. The van der Waals surface area contributed by atoms with Gasteiger partial charge in [0.2, 0.25) is 22.9 Å². The van der Waals surface area contributed by atoms with Gasteiger partial charge in [-0.1, -0.05) is 13.2 Å². The van der Waals surface area contributed by atoms with Gasteiger partial charge in [-0.2, -0.15) is 0 Å². The number of hydrogen-bond donors (Lipinski definition) is 2. The average molecular weight is 324 g/mol. The average Bonchev–Trinajstić information content (AvgIpc) is 2.41. The van der Waals surface area contributed by atoms with Gasteiger partial charge >= 0.3 is 0 Å². The molecule has 0 aromatic heterocycles. The van der Waals surface area contributed by atoms with Crippen LogP contribution in [0.2, 0.25) is 0 Å². The summed E-state index contributed by atoms with van der Waals surface area (Å²) in [5.41, 5.74) is 0. The molecule has 20 heavy (non-hydrogen) atoms. The van der Waals surface area contributed by atoms with E-state index in [1.54, 1.807) is 0 Å². The molecule has 10 heteroatoms. The van der Waals surface area contributed by atoms with Crippen LogP contribution in [0.1, 0.15) is 0 Å². The number of carbonyl (C=O) groups is 2. The SMILES string of the molecule is C=COS(=O)CC(=O)NCCNC(=O)COS(=O)C=C. The van der Waals surface area contributed by atoms with Crippen LogP contribution in [0.3, 0.4) is 0 Å². The van der Waals surface area contributed by atoms with Gasteiger partial charge in [0.15, 0.2) is 11.1 Å². The number of nitrogens with one attached hydrogen (secondary N) is 2. The zero-order valence-corrected chi connectivity index (χ0v) is 12.3. The highest BCUT2D eigenvalue weighted by atomic mass is 32.2. The normalized spacial score (nSPS) is 12.8. The van der Waals surface area contributed by atoms with Crippen LogP contribution in [-0.2, 0) is 40.1 Å². The molecule has 8 nitrogen and oxygen atoms in total. The van der Waals surface area contributed by atoms with E-state index in [2.05, 4.69) is 32.2 Å². The molecule has 0 radical (unpaired) electrons. The highest BCUT2D eigenvalue weighted by Crippen LogP contribution is 1.86. The fourth-order valence-corrected chi connectivity index (χ4v) is 1.74. The minimum absolute atomic E-state index is 0.153. The van der Waals surface area contributed by atoms with Crippen molar-refractivity contribution >= 4 is 34.0 Å². The summed E-state index contributed by atoms with van der Waals surface area (Å²) in [7, 11) is 0. The molecule has 0 saturated heterocycles. The highest BCUT2D eigenvalue weighted by molar-refractivity contribution is 7.83. The number of rotatable bonds is 11. The molecule has 0 spiro atoms. The summed E-state index contributed by atoms with van der Waals surface area (Å²) in [6.45, 7) is 6.37. The Hall–Kier alpha value is -1.52. The highest BCUT2D eigenvalue weighted by Gasteiger charge is 2.08. The Morgan fingerprint density at radius 2 is 1.70 bits per heavy atom. The van der Waals surface area contributed by atoms with E-state index in [0.717, 1.165) is 11.7 Å². The maximum atomic E-state index is 11.2. The molecule has 0 aromatic carbocycles. The molecule has 0 aliphatic rings. The smallest absolute Gasteiger partial charge is 0.247 e. The van der Waals surface area contributed by atoms with E-state index < -0.39 is 34.0 Å². The van der Waals surface area contributed by atoms with Crippen molar-refractivity contribution in [3.05, 3.63) is 24.8 Å². The van der Waals surface area contributed by atoms with Gasteiger partial charge < -0.3 is 14.8 Å². The Kier molecular flexibility index (Phi) is 10.5. The van der Waals surface area contributed by atoms with Crippen LogP contribution in [-0.4, -0.2) is 45.7 Å². The first kappa shape index (κ1) is 18.5. The van der Waals surface area contributed by atoms with Gasteiger partial charge in [0.05, 0.1) is 6.26 Å². The van der Waals surface area contributed by atoms with Crippen LogP contribution in [0.25, 0.3) is 0 Å². The summed E-state index contributed by atoms with van der Waals surface area (Å²) in [4.78, 5) is 22.4. The monoisotopic (exact) mass is 324 g/mol. The van der Waals surface area contributed by atoms with Crippen molar-refractivity contribution < 1.29 is 26.4 Å². The third-order valence-electron chi connectivity index (χ3n) is 1.64. The van der Waals surface area contributed by atoms with Gasteiger partial charge in [-0.3, -0.25) is 13.8 Å². The molecule has 2 amide bonds. The van der Waals surface area contributed by atoms with E-state index in [9.17, 15) is 18.0 Å². The molecule has 0 heterocycles. The molecule has 2 N–H and O–H groups in total.